The van der Waals surface area contributed by atoms with Crippen LogP contribution in [0, 0.1) is 29.1 Å². The van der Waals surface area contributed by atoms with Gasteiger partial charge in [-0.2, -0.15) is 0 Å². The number of rotatable bonds is 14. The normalized spacial score (nSPS) is 18.9. The Hall–Kier alpha value is -1.11. The maximum absolute atomic E-state index is 8.69. The summed E-state index contributed by atoms with van der Waals surface area (Å²) in [6.45, 7) is 16.2. The highest BCUT2D eigenvalue weighted by Crippen LogP contribution is 2.30. The first-order valence-corrected chi connectivity index (χ1v) is 12.5. The molecule has 0 aromatic heterocycles. The highest BCUT2D eigenvalue weighted by molar-refractivity contribution is 6.10. The Morgan fingerprint density at radius 2 is 1.59 bits per heavy atom. The predicted octanol–water partition coefficient (Wildman–Crippen LogP) is 9.30. The van der Waals surface area contributed by atoms with Crippen LogP contribution in [0.25, 0.3) is 0 Å². The molecule has 0 aromatic rings. The van der Waals surface area contributed by atoms with Crippen LogP contribution in [0.3, 0.4) is 0 Å². The Kier molecular flexibility index (Phi) is 13.2. The van der Waals surface area contributed by atoms with E-state index in [4.69, 9.17) is 5.41 Å². The molecule has 29 heavy (non-hydrogen) atoms. The van der Waals surface area contributed by atoms with Crippen molar-refractivity contribution >= 4 is 5.71 Å². The summed E-state index contributed by atoms with van der Waals surface area (Å²) in [6.07, 6.45) is 21.8. The Balaban J connectivity index is 2.38. The van der Waals surface area contributed by atoms with Crippen molar-refractivity contribution in [2.24, 2.45) is 23.7 Å². The summed E-state index contributed by atoms with van der Waals surface area (Å²) in [7, 11) is 0. The summed E-state index contributed by atoms with van der Waals surface area (Å²) >= 11 is 0. The smallest absolute Gasteiger partial charge is 0.0597 e. The van der Waals surface area contributed by atoms with Crippen LogP contribution in [0.15, 0.2) is 36.0 Å². The summed E-state index contributed by atoms with van der Waals surface area (Å²) in [5.74, 6) is 2.67. The van der Waals surface area contributed by atoms with Gasteiger partial charge in [0.2, 0.25) is 0 Å². The van der Waals surface area contributed by atoms with Gasteiger partial charge in [-0.15, -0.1) is 0 Å². The maximum Gasteiger partial charge on any atom is 0.0597 e. The van der Waals surface area contributed by atoms with Crippen molar-refractivity contribution in [3.63, 3.8) is 0 Å². The highest BCUT2D eigenvalue weighted by Gasteiger charge is 2.21. The third-order valence-corrected chi connectivity index (χ3v) is 7.33. The van der Waals surface area contributed by atoms with Crippen molar-refractivity contribution < 1.29 is 0 Å². The van der Waals surface area contributed by atoms with E-state index < -0.39 is 0 Å². The van der Waals surface area contributed by atoms with E-state index in [2.05, 4.69) is 59.4 Å². The summed E-state index contributed by atoms with van der Waals surface area (Å²) in [6, 6.07) is 0. The van der Waals surface area contributed by atoms with Gasteiger partial charge in [0.05, 0.1) is 5.71 Å². The van der Waals surface area contributed by atoms with Gasteiger partial charge in [-0.25, -0.2) is 0 Å². The number of allylic oxidation sites excluding steroid dienone is 5. The van der Waals surface area contributed by atoms with Crippen molar-refractivity contribution in [1.29, 1.82) is 5.41 Å². The standard InChI is InChI=1S/C28H49N/c1-7-8-9-13-17-22(2)23(3)18-16-19-24(4)25(5)26(6)28(29)27-20-14-11-10-12-15-21-27/h10-11,20,22-25,29H,6-9,12-19,21H2,1-5H3. The van der Waals surface area contributed by atoms with E-state index in [1.54, 1.807) is 0 Å². The zero-order chi connectivity index (χ0) is 21.6. The van der Waals surface area contributed by atoms with Crippen LogP contribution in [0.5, 0.6) is 0 Å². The first kappa shape index (κ1) is 25.9. The van der Waals surface area contributed by atoms with Gasteiger partial charge in [0.15, 0.2) is 0 Å². The fourth-order valence-corrected chi connectivity index (χ4v) is 4.42. The first-order chi connectivity index (χ1) is 13.9. The first-order valence-electron chi connectivity index (χ1n) is 12.5. The van der Waals surface area contributed by atoms with Crippen molar-refractivity contribution in [2.45, 2.75) is 112 Å². The molecule has 0 spiro atoms. The summed E-state index contributed by atoms with van der Waals surface area (Å²) < 4.78 is 0. The second kappa shape index (κ2) is 14.8. The summed E-state index contributed by atoms with van der Waals surface area (Å²) in [5.41, 5.74) is 2.98. The van der Waals surface area contributed by atoms with Crippen molar-refractivity contribution in [3.8, 4) is 0 Å². The molecule has 0 heterocycles. The van der Waals surface area contributed by atoms with Gasteiger partial charge in [0.1, 0.15) is 0 Å². The minimum Gasteiger partial charge on any atom is -0.300 e. The largest absolute Gasteiger partial charge is 0.300 e. The fourth-order valence-electron chi connectivity index (χ4n) is 4.42. The lowest BCUT2D eigenvalue weighted by atomic mass is 9.80. The van der Waals surface area contributed by atoms with E-state index in [-0.39, 0.29) is 0 Å². The van der Waals surface area contributed by atoms with Crippen LogP contribution >= 0.6 is 0 Å². The highest BCUT2D eigenvalue weighted by atomic mass is 14.4. The lowest BCUT2D eigenvalue weighted by Crippen LogP contribution is -2.18. The average Bonchev–Trinajstić information content (AvgIpc) is 2.69. The molecule has 1 rings (SSSR count). The van der Waals surface area contributed by atoms with Gasteiger partial charge in [0, 0.05) is 0 Å². The molecule has 1 heteroatoms. The number of hydrogen-bond acceptors (Lipinski definition) is 1. The Morgan fingerprint density at radius 1 is 0.931 bits per heavy atom. The number of unbranched alkanes of at least 4 members (excludes halogenated alkanes) is 3. The fraction of sp³-hybridized carbons (Fsp3) is 0.750. The molecule has 0 aliphatic heterocycles. The SMILES string of the molecule is C=C(C(=N)C1=CCC=CCCC1)C(C)C(C)CCCC(C)C(C)CCCCCC. The average molecular weight is 400 g/mol. The number of nitrogens with one attached hydrogen (secondary N) is 1. The Labute approximate surface area is 182 Å². The molecule has 0 saturated carbocycles. The van der Waals surface area contributed by atoms with E-state index >= 15 is 0 Å². The van der Waals surface area contributed by atoms with Crippen molar-refractivity contribution in [1.82, 2.24) is 0 Å². The van der Waals surface area contributed by atoms with Crippen LogP contribution in [0.4, 0.5) is 0 Å². The monoisotopic (exact) mass is 399 g/mol. The van der Waals surface area contributed by atoms with Crippen molar-refractivity contribution in [3.05, 3.63) is 36.0 Å². The van der Waals surface area contributed by atoms with Gasteiger partial charge in [-0.05, 0) is 60.5 Å². The van der Waals surface area contributed by atoms with Crippen LogP contribution in [-0.2, 0) is 0 Å². The van der Waals surface area contributed by atoms with E-state index in [1.165, 1.54) is 56.9 Å². The third-order valence-electron chi connectivity index (χ3n) is 7.33. The lowest BCUT2D eigenvalue weighted by molar-refractivity contribution is 0.306. The molecule has 0 fully saturated rings. The van der Waals surface area contributed by atoms with Gasteiger partial charge in [-0.3, -0.25) is 0 Å². The molecule has 4 unspecified atom stereocenters. The molecule has 1 nitrogen and oxygen atoms in total. The van der Waals surface area contributed by atoms with E-state index in [9.17, 15) is 0 Å². The molecule has 1 aliphatic carbocycles. The topological polar surface area (TPSA) is 23.9 Å². The van der Waals surface area contributed by atoms with E-state index in [0.29, 0.717) is 17.5 Å². The molecule has 0 saturated heterocycles. The van der Waals surface area contributed by atoms with Crippen LogP contribution < -0.4 is 0 Å². The van der Waals surface area contributed by atoms with Gasteiger partial charge < -0.3 is 5.41 Å². The predicted molar refractivity (Wildman–Crippen MR) is 132 cm³/mol. The molecule has 166 valence electrons. The number of hydrogen-bond donors (Lipinski definition) is 1. The molecule has 0 amide bonds. The van der Waals surface area contributed by atoms with Crippen LogP contribution in [0.1, 0.15) is 112 Å². The van der Waals surface area contributed by atoms with Crippen LogP contribution in [-0.4, -0.2) is 5.71 Å². The zero-order valence-electron chi connectivity index (χ0n) is 20.2. The van der Waals surface area contributed by atoms with Gasteiger partial charge in [0.25, 0.3) is 0 Å². The minimum atomic E-state index is 0.395. The van der Waals surface area contributed by atoms with Gasteiger partial charge in [-0.1, -0.05) is 111 Å². The molecular weight excluding hydrogens is 350 g/mol. The molecule has 0 radical (unpaired) electrons. The van der Waals surface area contributed by atoms with E-state index in [1.807, 2.05) is 0 Å². The third kappa shape index (κ3) is 9.96. The molecule has 1 aliphatic rings. The molecule has 4 atom stereocenters. The molecule has 1 N–H and O–H groups in total. The quantitative estimate of drug-likeness (QED) is 0.171. The maximum atomic E-state index is 8.69. The zero-order valence-corrected chi connectivity index (χ0v) is 20.2. The molecular formula is C28H49N. The van der Waals surface area contributed by atoms with E-state index in [0.717, 1.165) is 43.1 Å². The second-order valence-electron chi connectivity index (χ2n) is 9.73. The van der Waals surface area contributed by atoms with Gasteiger partial charge >= 0.3 is 0 Å². The Morgan fingerprint density at radius 3 is 2.28 bits per heavy atom. The summed E-state index contributed by atoms with van der Waals surface area (Å²) in [5, 5.41) is 8.69. The lowest BCUT2D eigenvalue weighted by Gasteiger charge is -2.25. The molecule has 0 aromatic carbocycles. The molecule has 0 bridgehead atoms. The van der Waals surface area contributed by atoms with Crippen LogP contribution in [0.2, 0.25) is 0 Å². The van der Waals surface area contributed by atoms with Crippen molar-refractivity contribution in [2.75, 3.05) is 0 Å². The summed E-state index contributed by atoms with van der Waals surface area (Å²) in [4.78, 5) is 0. The Bertz CT molecular complexity index is 539. The second-order valence-corrected chi connectivity index (χ2v) is 9.73. The minimum absolute atomic E-state index is 0.395.